The number of amides is 2. The van der Waals surface area contributed by atoms with Gasteiger partial charge in [-0.05, 0) is 54.1 Å². The Hall–Kier alpha value is -4.80. The molecular formula is C29H27F2N5O4. The number of nitrogens with one attached hydrogen (secondary N) is 1. The summed E-state index contributed by atoms with van der Waals surface area (Å²) in [6.45, 7) is -0.0721. The number of rotatable bonds is 7. The quantitative estimate of drug-likeness (QED) is 0.320. The molecule has 0 radical (unpaired) electrons. The summed E-state index contributed by atoms with van der Waals surface area (Å²) in [7, 11) is -2.77. The van der Waals surface area contributed by atoms with Crippen molar-refractivity contribution in [2.24, 2.45) is 0 Å². The van der Waals surface area contributed by atoms with E-state index >= 15 is 0 Å². The second kappa shape index (κ2) is 11.1. The summed E-state index contributed by atoms with van der Waals surface area (Å²) < 4.78 is 60.7. The van der Waals surface area contributed by atoms with Crippen molar-refractivity contribution in [3.63, 3.8) is 0 Å². The van der Waals surface area contributed by atoms with Crippen LogP contribution in [0.15, 0.2) is 65.4 Å². The SMILES string of the molecule is [2H]C([2H])([2H])Oc1cc(-c2ccc(C(=O)N3CCC(F)(F)CC3)cn2)cc2cc(CNC(=O)/C=C/c3ccc(N)nc3)oc12. The van der Waals surface area contributed by atoms with Gasteiger partial charge in [-0.25, -0.2) is 13.8 Å². The zero-order valence-electron chi connectivity index (χ0n) is 24.2. The van der Waals surface area contributed by atoms with Gasteiger partial charge in [-0.3, -0.25) is 14.6 Å². The van der Waals surface area contributed by atoms with E-state index in [9.17, 15) is 18.4 Å². The van der Waals surface area contributed by atoms with Gasteiger partial charge >= 0.3 is 0 Å². The zero-order valence-corrected chi connectivity index (χ0v) is 21.2. The molecule has 1 aliphatic rings. The molecule has 3 N–H and O–H groups in total. The molecule has 0 spiro atoms. The number of anilines is 1. The second-order valence-corrected chi connectivity index (χ2v) is 9.36. The molecule has 2 amide bonds. The summed E-state index contributed by atoms with van der Waals surface area (Å²) in [6.07, 6.45) is 5.02. The first kappa shape index (κ1) is 23.1. The van der Waals surface area contributed by atoms with Crippen LogP contribution in [0.25, 0.3) is 28.3 Å². The Morgan fingerprint density at radius 1 is 1.18 bits per heavy atom. The highest BCUT2D eigenvalue weighted by Crippen LogP contribution is 2.34. The van der Waals surface area contributed by atoms with Crippen LogP contribution in [0, 0.1) is 0 Å². The third kappa shape index (κ3) is 6.09. The van der Waals surface area contributed by atoms with Gasteiger partial charge in [0.05, 0.1) is 29.0 Å². The number of furan rings is 1. The molecule has 40 heavy (non-hydrogen) atoms. The molecule has 4 heterocycles. The molecule has 1 aliphatic heterocycles. The lowest BCUT2D eigenvalue weighted by Gasteiger charge is -2.31. The van der Waals surface area contributed by atoms with E-state index in [2.05, 4.69) is 15.3 Å². The number of nitrogen functional groups attached to an aromatic ring is 1. The maximum absolute atomic E-state index is 13.5. The van der Waals surface area contributed by atoms with Crippen molar-refractivity contribution >= 4 is 34.7 Å². The lowest BCUT2D eigenvalue weighted by Crippen LogP contribution is -2.42. The predicted octanol–water partition coefficient (Wildman–Crippen LogP) is 4.68. The molecule has 0 unspecified atom stereocenters. The maximum atomic E-state index is 13.5. The first-order valence-corrected chi connectivity index (χ1v) is 12.4. The number of nitrogens with zero attached hydrogens (tertiary/aromatic N) is 3. The number of piperidine rings is 1. The van der Waals surface area contributed by atoms with Gasteiger partial charge in [0.15, 0.2) is 11.3 Å². The summed E-state index contributed by atoms with van der Waals surface area (Å²) >= 11 is 0. The van der Waals surface area contributed by atoms with Crippen LogP contribution in [-0.2, 0) is 11.3 Å². The van der Waals surface area contributed by atoms with Gasteiger partial charge in [-0.1, -0.05) is 0 Å². The Morgan fingerprint density at radius 2 is 2.00 bits per heavy atom. The van der Waals surface area contributed by atoms with Gasteiger partial charge in [-0.15, -0.1) is 0 Å². The fraction of sp³-hybridized carbons (Fsp3) is 0.241. The highest BCUT2D eigenvalue weighted by molar-refractivity contribution is 5.95. The number of fused-ring (bicyclic) bond motifs is 1. The Labute approximate surface area is 232 Å². The molecule has 206 valence electrons. The molecular weight excluding hydrogens is 520 g/mol. The van der Waals surface area contributed by atoms with Gasteiger partial charge in [0.25, 0.3) is 11.8 Å². The van der Waals surface area contributed by atoms with Gasteiger partial charge in [0, 0.05) is 55.4 Å². The van der Waals surface area contributed by atoms with E-state index in [1.54, 1.807) is 36.4 Å². The van der Waals surface area contributed by atoms with Crippen LogP contribution in [0.1, 0.15) is 38.6 Å². The molecule has 0 atom stereocenters. The summed E-state index contributed by atoms with van der Waals surface area (Å²) in [5.41, 5.74) is 7.57. The lowest BCUT2D eigenvalue weighted by molar-refractivity contribution is -0.116. The third-order valence-electron chi connectivity index (χ3n) is 6.50. The van der Waals surface area contributed by atoms with Crippen molar-refractivity contribution in [1.82, 2.24) is 20.2 Å². The third-order valence-corrected chi connectivity index (χ3v) is 6.50. The minimum absolute atomic E-state index is 0.0118. The number of hydrogen-bond acceptors (Lipinski definition) is 7. The van der Waals surface area contributed by atoms with E-state index < -0.39 is 24.8 Å². The van der Waals surface area contributed by atoms with Crippen molar-refractivity contribution in [2.75, 3.05) is 25.9 Å². The van der Waals surface area contributed by atoms with Crippen LogP contribution >= 0.6 is 0 Å². The van der Waals surface area contributed by atoms with Crippen LogP contribution in [-0.4, -0.2) is 52.7 Å². The smallest absolute Gasteiger partial charge is 0.255 e. The van der Waals surface area contributed by atoms with Crippen molar-refractivity contribution in [3.8, 4) is 17.0 Å². The van der Waals surface area contributed by atoms with Crippen LogP contribution < -0.4 is 15.8 Å². The topological polar surface area (TPSA) is 124 Å². The number of ether oxygens (including phenoxy) is 1. The van der Waals surface area contributed by atoms with Crippen molar-refractivity contribution in [2.45, 2.75) is 25.3 Å². The van der Waals surface area contributed by atoms with Crippen LogP contribution in [0.2, 0.25) is 0 Å². The minimum Gasteiger partial charge on any atom is -0.493 e. The number of carbonyl (C=O) groups excluding carboxylic acids is 2. The first-order chi connectivity index (χ1) is 20.3. The number of nitrogens with two attached hydrogens (primary N) is 1. The lowest BCUT2D eigenvalue weighted by atomic mass is 10.0. The number of carbonyl (C=O) groups is 2. The average Bonchev–Trinajstić information content (AvgIpc) is 3.38. The monoisotopic (exact) mass is 550 g/mol. The Kier molecular flexibility index (Phi) is 6.43. The van der Waals surface area contributed by atoms with Crippen molar-refractivity contribution in [1.29, 1.82) is 0 Å². The van der Waals surface area contributed by atoms with Gasteiger partial charge in [0.1, 0.15) is 11.6 Å². The highest BCUT2D eigenvalue weighted by Gasteiger charge is 2.35. The number of methoxy groups -OCH3 is 1. The van der Waals surface area contributed by atoms with Crippen LogP contribution in [0.3, 0.4) is 0 Å². The molecule has 3 aromatic heterocycles. The van der Waals surface area contributed by atoms with Gasteiger partial charge < -0.3 is 25.1 Å². The van der Waals surface area contributed by atoms with Crippen molar-refractivity contribution < 1.29 is 31.6 Å². The molecule has 0 aliphatic carbocycles. The summed E-state index contributed by atoms with van der Waals surface area (Å²) in [4.78, 5) is 34.8. The van der Waals surface area contributed by atoms with E-state index in [4.69, 9.17) is 19.0 Å². The van der Waals surface area contributed by atoms with E-state index in [0.717, 1.165) is 0 Å². The number of pyridine rings is 2. The fourth-order valence-corrected chi connectivity index (χ4v) is 4.32. The standard InChI is InChI=1S/C29H27F2N5O4/c1-39-24-14-20(23-5-4-19(16-33-23)28(38)36-10-8-29(30,31)9-11-36)12-21-13-22(40-27(21)24)17-35-26(37)7-3-18-2-6-25(32)34-15-18/h2-7,12-16H,8-11,17H2,1H3,(H2,32,34)(H,35,37)/b7-3+/i1D3. The average molecular weight is 551 g/mol. The molecule has 11 heteroatoms. The Bertz CT molecular complexity index is 1660. The number of hydrogen-bond donors (Lipinski definition) is 2. The first-order valence-electron chi connectivity index (χ1n) is 13.9. The number of benzene rings is 1. The maximum Gasteiger partial charge on any atom is 0.255 e. The Morgan fingerprint density at radius 3 is 2.70 bits per heavy atom. The molecule has 0 saturated carbocycles. The van der Waals surface area contributed by atoms with Crippen LogP contribution in [0.4, 0.5) is 14.6 Å². The molecule has 5 rings (SSSR count). The van der Waals surface area contributed by atoms with Gasteiger partial charge in [0.2, 0.25) is 5.91 Å². The van der Waals surface area contributed by atoms with Crippen molar-refractivity contribution in [3.05, 3.63) is 77.8 Å². The van der Waals surface area contributed by atoms with Gasteiger partial charge in [-0.2, -0.15) is 0 Å². The molecule has 1 fully saturated rings. The van der Waals surface area contributed by atoms with Crippen LogP contribution in [0.5, 0.6) is 5.75 Å². The highest BCUT2D eigenvalue weighted by atomic mass is 19.3. The Balaban J connectivity index is 1.33. The molecule has 9 nitrogen and oxygen atoms in total. The number of alkyl halides is 2. The van der Waals surface area contributed by atoms with E-state index in [0.29, 0.717) is 33.8 Å². The van der Waals surface area contributed by atoms with E-state index in [1.807, 2.05) is 0 Å². The van der Waals surface area contributed by atoms with E-state index in [1.165, 1.54) is 35.5 Å². The molecule has 4 aromatic rings. The number of likely N-dealkylation sites (tertiary alicyclic amines) is 1. The summed E-state index contributed by atoms with van der Waals surface area (Å²) in [6, 6.07) is 11.3. The minimum atomic E-state index is -2.77. The molecule has 0 bridgehead atoms. The number of halogens is 2. The largest absolute Gasteiger partial charge is 0.493 e. The number of aromatic nitrogens is 2. The fourth-order valence-electron chi connectivity index (χ4n) is 4.32. The normalized spacial score (nSPS) is 16.4. The molecule has 1 saturated heterocycles. The second-order valence-electron chi connectivity index (χ2n) is 9.36. The zero-order chi connectivity index (χ0) is 30.8. The summed E-state index contributed by atoms with van der Waals surface area (Å²) in [5.74, 6) is -2.90. The molecule has 1 aromatic carbocycles. The summed E-state index contributed by atoms with van der Waals surface area (Å²) in [5, 5.41) is 3.20. The predicted molar refractivity (Wildman–Crippen MR) is 146 cm³/mol. The van der Waals surface area contributed by atoms with E-state index in [-0.39, 0.29) is 49.4 Å².